The van der Waals surface area contributed by atoms with Crippen LogP contribution in [0.15, 0.2) is 73.3 Å². The summed E-state index contributed by atoms with van der Waals surface area (Å²) in [6.07, 6.45) is 2.63. The monoisotopic (exact) mass is 452 g/mol. The van der Waals surface area contributed by atoms with E-state index in [9.17, 15) is 0 Å². The van der Waals surface area contributed by atoms with Gasteiger partial charge in [-0.2, -0.15) is 0 Å². The van der Waals surface area contributed by atoms with E-state index in [-0.39, 0.29) is 6.61 Å². The lowest BCUT2D eigenvalue weighted by Gasteiger charge is -2.14. The lowest BCUT2D eigenvalue weighted by Crippen LogP contribution is -2.09. The fourth-order valence-corrected chi connectivity index (χ4v) is 3.97. The molecule has 1 aromatic heterocycles. The normalized spacial score (nSPS) is 10.9. The third kappa shape index (κ3) is 4.71. The molecule has 0 unspecified atom stereocenters. The molecular formula is C25H22Cl2N2O2. The minimum Gasteiger partial charge on any atom is -0.493 e. The van der Waals surface area contributed by atoms with Gasteiger partial charge in [0.25, 0.3) is 0 Å². The largest absolute Gasteiger partial charge is 0.493 e. The number of fused-ring (bicyclic) bond motifs is 1. The Morgan fingerprint density at radius 2 is 1.87 bits per heavy atom. The van der Waals surface area contributed by atoms with Crippen LogP contribution in [-0.4, -0.2) is 16.7 Å². The van der Waals surface area contributed by atoms with Gasteiger partial charge in [-0.1, -0.05) is 53.5 Å². The molecule has 0 saturated heterocycles. The summed E-state index contributed by atoms with van der Waals surface area (Å²) in [7, 11) is 1.64. The average molecular weight is 453 g/mol. The highest BCUT2D eigenvalue weighted by molar-refractivity contribution is 6.35. The lowest BCUT2D eigenvalue weighted by atomic mass is 10.1. The van der Waals surface area contributed by atoms with Crippen molar-refractivity contribution in [1.29, 1.82) is 0 Å². The van der Waals surface area contributed by atoms with E-state index >= 15 is 0 Å². The van der Waals surface area contributed by atoms with Crippen molar-refractivity contribution in [3.63, 3.8) is 0 Å². The van der Waals surface area contributed by atoms with Gasteiger partial charge in [-0.3, -0.25) is 0 Å². The summed E-state index contributed by atoms with van der Waals surface area (Å²) in [5, 5.41) is 1.23. The van der Waals surface area contributed by atoms with Crippen molar-refractivity contribution in [2.75, 3.05) is 7.11 Å². The molecule has 4 rings (SSSR count). The number of hydrogen-bond acceptors (Lipinski definition) is 3. The van der Waals surface area contributed by atoms with Crippen LogP contribution >= 0.6 is 23.2 Å². The molecule has 4 nitrogen and oxygen atoms in total. The Bertz CT molecular complexity index is 1230. The number of imidazole rings is 1. The number of rotatable bonds is 8. The highest BCUT2D eigenvalue weighted by atomic mass is 35.5. The molecule has 3 aromatic carbocycles. The number of allylic oxidation sites excluding steroid dienone is 1. The topological polar surface area (TPSA) is 36.3 Å². The van der Waals surface area contributed by atoms with Gasteiger partial charge in [-0.05, 0) is 53.9 Å². The standard InChI is InChI=1S/C25H22Cl2N2O2/c1-3-6-17-9-12-23(24(13-17)30-2)31-16-25-28-21-7-4-5-8-22(21)29(25)15-18-10-11-19(26)14-20(18)27/h3-5,7-14H,1,6,15-16H2,2H3. The Balaban J connectivity index is 1.65. The third-order valence-electron chi connectivity index (χ3n) is 5.04. The second-order valence-electron chi connectivity index (χ2n) is 7.11. The van der Waals surface area contributed by atoms with Gasteiger partial charge in [0.2, 0.25) is 0 Å². The van der Waals surface area contributed by atoms with Crippen molar-refractivity contribution in [2.45, 2.75) is 19.6 Å². The number of ether oxygens (including phenoxy) is 2. The zero-order valence-electron chi connectivity index (χ0n) is 17.1. The van der Waals surface area contributed by atoms with Gasteiger partial charge < -0.3 is 14.0 Å². The molecule has 0 fully saturated rings. The summed E-state index contributed by atoms with van der Waals surface area (Å²) in [6, 6.07) is 19.4. The molecule has 4 aromatic rings. The first-order chi connectivity index (χ1) is 15.1. The first kappa shape index (κ1) is 21.3. The summed E-state index contributed by atoms with van der Waals surface area (Å²) < 4.78 is 13.7. The fourth-order valence-electron chi connectivity index (χ4n) is 3.50. The first-order valence-corrected chi connectivity index (χ1v) is 10.6. The van der Waals surface area contributed by atoms with Crippen molar-refractivity contribution in [1.82, 2.24) is 9.55 Å². The third-order valence-corrected chi connectivity index (χ3v) is 5.63. The van der Waals surface area contributed by atoms with Crippen LogP contribution in [0.2, 0.25) is 10.0 Å². The summed E-state index contributed by atoms with van der Waals surface area (Å²) in [5.41, 5.74) is 3.99. The molecule has 0 aliphatic heterocycles. The molecule has 1 heterocycles. The maximum atomic E-state index is 6.43. The number of hydrogen-bond donors (Lipinski definition) is 0. The molecule has 0 atom stereocenters. The van der Waals surface area contributed by atoms with Gasteiger partial charge >= 0.3 is 0 Å². The summed E-state index contributed by atoms with van der Waals surface area (Å²) >= 11 is 12.5. The van der Waals surface area contributed by atoms with Crippen LogP contribution in [0.4, 0.5) is 0 Å². The first-order valence-electron chi connectivity index (χ1n) is 9.87. The van der Waals surface area contributed by atoms with E-state index < -0.39 is 0 Å². The average Bonchev–Trinajstić information content (AvgIpc) is 3.12. The van der Waals surface area contributed by atoms with Gasteiger partial charge in [0.15, 0.2) is 11.5 Å². The van der Waals surface area contributed by atoms with E-state index in [0.29, 0.717) is 28.1 Å². The predicted octanol–water partition coefficient (Wildman–Crippen LogP) is 6.71. The van der Waals surface area contributed by atoms with Crippen molar-refractivity contribution in [3.05, 3.63) is 100 Å². The molecule has 31 heavy (non-hydrogen) atoms. The van der Waals surface area contributed by atoms with Crippen molar-refractivity contribution >= 4 is 34.2 Å². The fraction of sp³-hybridized carbons (Fsp3) is 0.160. The Hall–Kier alpha value is -2.95. The van der Waals surface area contributed by atoms with E-state index in [1.54, 1.807) is 13.2 Å². The zero-order valence-corrected chi connectivity index (χ0v) is 18.7. The number of para-hydroxylation sites is 2. The Labute approximate surface area is 191 Å². The lowest BCUT2D eigenvalue weighted by molar-refractivity contribution is 0.272. The zero-order chi connectivity index (χ0) is 21.8. The Kier molecular flexibility index (Phi) is 6.50. The molecule has 0 aliphatic rings. The van der Waals surface area contributed by atoms with Crippen LogP contribution in [0.5, 0.6) is 11.5 Å². The van der Waals surface area contributed by atoms with E-state index in [1.807, 2.05) is 60.7 Å². The number of nitrogens with zero attached hydrogens (tertiary/aromatic N) is 2. The van der Waals surface area contributed by atoms with Crippen LogP contribution in [0.1, 0.15) is 17.0 Å². The van der Waals surface area contributed by atoms with Gasteiger partial charge in [0, 0.05) is 10.0 Å². The van der Waals surface area contributed by atoms with Crippen LogP contribution in [0.25, 0.3) is 11.0 Å². The molecule has 0 bridgehead atoms. The molecule has 0 N–H and O–H groups in total. The van der Waals surface area contributed by atoms with Crippen LogP contribution in [-0.2, 0) is 19.6 Å². The Morgan fingerprint density at radius 3 is 2.65 bits per heavy atom. The summed E-state index contributed by atoms with van der Waals surface area (Å²) in [6.45, 7) is 4.63. The smallest absolute Gasteiger partial charge is 0.161 e. The molecule has 0 spiro atoms. The van der Waals surface area contributed by atoms with E-state index in [4.69, 9.17) is 37.7 Å². The number of benzene rings is 3. The number of halogens is 2. The van der Waals surface area contributed by atoms with Crippen molar-refractivity contribution < 1.29 is 9.47 Å². The maximum Gasteiger partial charge on any atom is 0.161 e. The number of methoxy groups -OCH3 is 1. The second kappa shape index (κ2) is 9.46. The van der Waals surface area contributed by atoms with Crippen LogP contribution in [0.3, 0.4) is 0 Å². The summed E-state index contributed by atoms with van der Waals surface area (Å²) in [4.78, 5) is 4.79. The molecule has 0 amide bonds. The van der Waals surface area contributed by atoms with Crippen LogP contribution < -0.4 is 9.47 Å². The SMILES string of the molecule is C=CCc1ccc(OCc2nc3ccccc3n2Cc2ccc(Cl)cc2Cl)c(OC)c1. The molecule has 158 valence electrons. The quantitative estimate of drug-likeness (QED) is 0.278. The second-order valence-corrected chi connectivity index (χ2v) is 7.95. The molecule has 0 radical (unpaired) electrons. The maximum absolute atomic E-state index is 6.43. The van der Waals surface area contributed by atoms with Gasteiger partial charge in [0.05, 0.1) is 24.7 Å². The van der Waals surface area contributed by atoms with E-state index in [1.165, 1.54) is 0 Å². The summed E-state index contributed by atoms with van der Waals surface area (Å²) in [5.74, 6) is 2.14. The van der Waals surface area contributed by atoms with Gasteiger partial charge in [-0.25, -0.2) is 4.98 Å². The van der Waals surface area contributed by atoms with Crippen LogP contribution in [0, 0.1) is 0 Å². The predicted molar refractivity (Wildman–Crippen MR) is 127 cm³/mol. The van der Waals surface area contributed by atoms with E-state index in [2.05, 4.69) is 11.1 Å². The van der Waals surface area contributed by atoms with E-state index in [0.717, 1.165) is 34.4 Å². The molecule has 6 heteroatoms. The molecule has 0 aliphatic carbocycles. The molecular weight excluding hydrogens is 431 g/mol. The highest BCUT2D eigenvalue weighted by Gasteiger charge is 2.14. The highest BCUT2D eigenvalue weighted by Crippen LogP contribution is 2.30. The Morgan fingerprint density at radius 1 is 1.03 bits per heavy atom. The van der Waals surface area contributed by atoms with Gasteiger partial charge in [-0.15, -0.1) is 6.58 Å². The molecule has 0 saturated carbocycles. The van der Waals surface area contributed by atoms with Crippen molar-refractivity contribution in [2.24, 2.45) is 0 Å². The van der Waals surface area contributed by atoms with Crippen molar-refractivity contribution in [3.8, 4) is 11.5 Å². The minimum atomic E-state index is 0.289. The van der Waals surface area contributed by atoms with Gasteiger partial charge in [0.1, 0.15) is 12.4 Å². The minimum absolute atomic E-state index is 0.289. The number of aromatic nitrogens is 2.